The van der Waals surface area contributed by atoms with Crippen molar-refractivity contribution >= 4 is 17.3 Å². The lowest BCUT2D eigenvalue weighted by molar-refractivity contribution is 0.226. The van der Waals surface area contributed by atoms with Crippen molar-refractivity contribution in [3.05, 3.63) is 29.0 Å². The molecule has 2 nitrogen and oxygen atoms in total. The summed E-state index contributed by atoms with van der Waals surface area (Å²) in [5, 5.41) is 3.83. The summed E-state index contributed by atoms with van der Waals surface area (Å²) in [6, 6.07) is 4.42. The lowest BCUT2D eigenvalue weighted by atomic mass is 9.97. The van der Waals surface area contributed by atoms with Crippen LogP contribution in [-0.4, -0.2) is 31.6 Å². The summed E-state index contributed by atoms with van der Waals surface area (Å²) in [7, 11) is 2.15. The van der Waals surface area contributed by atoms with Gasteiger partial charge < -0.3 is 10.2 Å². The summed E-state index contributed by atoms with van der Waals surface area (Å²) >= 11 is 6.00. The molecule has 0 atom stereocenters. The molecule has 1 heterocycles. The van der Waals surface area contributed by atoms with E-state index in [1.165, 1.54) is 25.0 Å². The molecule has 0 aromatic heterocycles. The average molecular weight is 257 g/mol. The molecule has 17 heavy (non-hydrogen) atoms. The van der Waals surface area contributed by atoms with Crippen molar-refractivity contribution in [3.8, 4) is 0 Å². The van der Waals surface area contributed by atoms with Crippen molar-refractivity contribution in [2.24, 2.45) is 5.92 Å². The van der Waals surface area contributed by atoms with Crippen LogP contribution in [0.5, 0.6) is 0 Å². The second kappa shape index (κ2) is 5.69. The molecule has 1 fully saturated rings. The maximum Gasteiger partial charge on any atom is 0.125 e. The van der Waals surface area contributed by atoms with Crippen LogP contribution >= 0.6 is 11.6 Å². The molecule has 1 aliphatic rings. The number of benzene rings is 1. The predicted molar refractivity (Wildman–Crippen MR) is 70.1 cm³/mol. The number of rotatable bonds is 3. The van der Waals surface area contributed by atoms with Crippen molar-refractivity contribution < 1.29 is 4.39 Å². The largest absolute Gasteiger partial charge is 0.383 e. The molecule has 0 unspecified atom stereocenters. The van der Waals surface area contributed by atoms with E-state index in [0.717, 1.165) is 19.6 Å². The minimum Gasteiger partial charge on any atom is -0.383 e. The Hall–Kier alpha value is -0.800. The number of hydrogen-bond acceptors (Lipinski definition) is 2. The molecule has 4 heteroatoms. The van der Waals surface area contributed by atoms with E-state index in [2.05, 4.69) is 17.3 Å². The normalized spacial score (nSPS) is 18.3. The summed E-state index contributed by atoms with van der Waals surface area (Å²) in [4.78, 5) is 2.34. The van der Waals surface area contributed by atoms with Crippen LogP contribution in [0.4, 0.5) is 10.1 Å². The van der Waals surface area contributed by atoms with Crippen LogP contribution in [0.3, 0.4) is 0 Å². The maximum absolute atomic E-state index is 13.1. The van der Waals surface area contributed by atoms with Crippen LogP contribution in [-0.2, 0) is 0 Å². The highest BCUT2D eigenvalue weighted by atomic mass is 35.5. The Balaban J connectivity index is 1.87. The first-order valence-electron chi connectivity index (χ1n) is 6.02. The molecule has 0 bridgehead atoms. The van der Waals surface area contributed by atoms with Gasteiger partial charge in [-0.05, 0) is 57.1 Å². The van der Waals surface area contributed by atoms with Crippen LogP contribution in [0, 0.1) is 11.7 Å². The number of likely N-dealkylation sites (tertiary alicyclic amines) is 1. The van der Waals surface area contributed by atoms with Crippen molar-refractivity contribution in [1.29, 1.82) is 0 Å². The zero-order valence-electron chi connectivity index (χ0n) is 10.0. The molecule has 2 rings (SSSR count). The summed E-state index contributed by atoms with van der Waals surface area (Å²) in [5.74, 6) is 0.408. The van der Waals surface area contributed by atoms with E-state index in [0.29, 0.717) is 16.6 Å². The summed E-state index contributed by atoms with van der Waals surface area (Å²) in [6.07, 6.45) is 2.38. The topological polar surface area (TPSA) is 15.3 Å². The fourth-order valence-corrected chi connectivity index (χ4v) is 2.34. The third-order valence-electron chi connectivity index (χ3n) is 3.35. The van der Waals surface area contributed by atoms with Gasteiger partial charge in [-0.2, -0.15) is 0 Å². The second-order valence-corrected chi connectivity index (χ2v) is 5.16. The van der Waals surface area contributed by atoms with Gasteiger partial charge in [0.25, 0.3) is 0 Å². The first-order chi connectivity index (χ1) is 8.15. The standard InChI is InChI=1S/C13H18ClFN2/c1-17-6-4-10(5-7-17)9-16-13-8-11(15)2-3-12(13)14/h2-3,8,10,16H,4-7,9H2,1H3. The zero-order valence-corrected chi connectivity index (χ0v) is 10.8. The number of halogens is 2. The Morgan fingerprint density at radius 3 is 2.82 bits per heavy atom. The first kappa shape index (κ1) is 12.7. The lowest BCUT2D eigenvalue weighted by Gasteiger charge is -2.29. The molecule has 0 amide bonds. The average Bonchev–Trinajstić information content (AvgIpc) is 2.32. The molecule has 1 N–H and O–H groups in total. The Morgan fingerprint density at radius 1 is 1.41 bits per heavy atom. The molecule has 0 saturated carbocycles. The van der Waals surface area contributed by atoms with E-state index >= 15 is 0 Å². The fourth-order valence-electron chi connectivity index (χ4n) is 2.15. The van der Waals surface area contributed by atoms with Crippen LogP contribution in [0.2, 0.25) is 5.02 Å². The predicted octanol–water partition coefficient (Wildman–Crippen LogP) is 3.23. The van der Waals surface area contributed by atoms with Gasteiger partial charge in [0.1, 0.15) is 5.82 Å². The minimum absolute atomic E-state index is 0.250. The minimum atomic E-state index is -0.250. The zero-order chi connectivity index (χ0) is 12.3. The Bertz CT molecular complexity index is 376. The maximum atomic E-state index is 13.1. The van der Waals surface area contributed by atoms with Crippen LogP contribution in [0.1, 0.15) is 12.8 Å². The number of nitrogens with zero attached hydrogens (tertiary/aromatic N) is 1. The Morgan fingerprint density at radius 2 is 2.12 bits per heavy atom. The molecule has 1 aromatic rings. The van der Waals surface area contributed by atoms with Gasteiger partial charge in [-0.1, -0.05) is 11.6 Å². The van der Waals surface area contributed by atoms with E-state index < -0.39 is 0 Å². The number of piperidine rings is 1. The summed E-state index contributed by atoms with van der Waals surface area (Å²) < 4.78 is 13.1. The Labute approximate surface area is 107 Å². The lowest BCUT2D eigenvalue weighted by Crippen LogP contribution is -2.32. The van der Waals surface area contributed by atoms with Gasteiger partial charge in [0.05, 0.1) is 10.7 Å². The molecule has 0 radical (unpaired) electrons. The van der Waals surface area contributed by atoms with Crippen LogP contribution in [0.25, 0.3) is 0 Å². The molecule has 1 aliphatic heterocycles. The van der Waals surface area contributed by atoms with Crippen LogP contribution < -0.4 is 5.32 Å². The Kier molecular flexibility index (Phi) is 4.24. The highest BCUT2D eigenvalue weighted by molar-refractivity contribution is 6.33. The van der Waals surface area contributed by atoms with Gasteiger partial charge in [-0.3, -0.25) is 0 Å². The molecule has 1 aromatic carbocycles. The van der Waals surface area contributed by atoms with Gasteiger partial charge in [-0.15, -0.1) is 0 Å². The quantitative estimate of drug-likeness (QED) is 0.893. The monoisotopic (exact) mass is 256 g/mol. The molecule has 94 valence electrons. The fraction of sp³-hybridized carbons (Fsp3) is 0.538. The van der Waals surface area contributed by atoms with Crippen molar-refractivity contribution in [2.45, 2.75) is 12.8 Å². The van der Waals surface area contributed by atoms with E-state index in [-0.39, 0.29) is 5.82 Å². The van der Waals surface area contributed by atoms with E-state index in [1.807, 2.05) is 0 Å². The van der Waals surface area contributed by atoms with Crippen molar-refractivity contribution in [2.75, 3.05) is 32.0 Å². The van der Waals surface area contributed by atoms with Gasteiger partial charge in [0.15, 0.2) is 0 Å². The van der Waals surface area contributed by atoms with Crippen molar-refractivity contribution in [3.63, 3.8) is 0 Å². The first-order valence-corrected chi connectivity index (χ1v) is 6.40. The van der Waals surface area contributed by atoms with Crippen molar-refractivity contribution in [1.82, 2.24) is 4.90 Å². The molecular formula is C13H18ClFN2. The summed E-state index contributed by atoms with van der Waals surface area (Å²) in [6.45, 7) is 3.16. The molecule has 0 spiro atoms. The van der Waals surface area contributed by atoms with Crippen LogP contribution in [0.15, 0.2) is 18.2 Å². The molecule has 1 saturated heterocycles. The number of hydrogen-bond donors (Lipinski definition) is 1. The summed E-state index contributed by atoms with van der Waals surface area (Å²) in [5.41, 5.74) is 0.700. The third kappa shape index (κ3) is 3.58. The number of anilines is 1. The van der Waals surface area contributed by atoms with E-state index in [4.69, 9.17) is 11.6 Å². The van der Waals surface area contributed by atoms with Gasteiger partial charge in [-0.25, -0.2) is 4.39 Å². The van der Waals surface area contributed by atoms with Gasteiger partial charge >= 0.3 is 0 Å². The SMILES string of the molecule is CN1CCC(CNc2cc(F)ccc2Cl)CC1. The highest BCUT2D eigenvalue weighted by Crippen LogP contribution is 2.24. The second-order valence-electron chi connectivity index (χ2n) is 4.75. The molecular weight excluding hydrogens is 239 g/mol. The third-order valence-corrected chi connectivity index (χ3v) is 3.68. The van der Waals surface area contributed by atoms with Gasteiger partial charge in [0, 0.05) is 6.54 Å². The smallest absolute Gasteiger partial charge is 0.125 e. The highest BCUT2D eigenvalue weighted by Gasteiger charge is 2.16. The van der Waals surface area contributed by atoms with E-state index in [9.17, 15) is 4.39 Å². The number of nitrogens with one attached hydrogen (secondary N) is 1. The van der Waals surface area contributed by atoms with Gasteiger partial charge in [0.2, 0.25) is 0 Å². The molecule has 0 aliphatic carbocycles. The van der Waals surface area contributed by atoms with E-state index in [1.54, 1.807) is 6.07 Å².